The van der Waals surface area contributed by atoms with Crippen molar-refractivity contribution in [2.45, 2.75) is 20.4 Å². The Morgan fingerprint density at radius 1 is 1.42 bits per heavy atom. The molecule has 4 nitrogen and oxygen atoms in total. The van der Waals surface area contributed by atoms with Crippen LogP contribution in [-0.2, 0) is 16.1 Å². The summed E-state index contributed by atoms with van der Waals surface area (Å²) in [6, 6.07) is 6.17. The number of carbonyl (C=O) groups excluding carboxylic acids is 2. The van der Waals surface area contributed by atoms with Gasteiger partial charge in [0.2, 0.25) is 11.8 Å². The average molecular weight is 278 g/mol. The van der Waals surface area contributed by atoms with E-state index in [9.17, 15) is 9.59 Å². The lowest BCUT2D eigenvalue weighted by molar-refractivity contribution is -0.132. The molecule has 0 spiro atoms. The molecule has 0 unspecified atom stereocenters. The summed E-state index contributed by atoms with van der Waals surface area (Å²) in [5.74, 6) is 1.06. The molecule has 1 aromatic carbocycles. The monoisotopic (exact) mass is 278 g/mol. The largest absolute Gasteiger partial charge is 0.350 e. The van der Waals surface area contributed by atoms with E-state index in [2.05, 4.69) is 11.4 Å². The number of nitrogens with zero attached hydrogens (tertiary/aromatic N) is 1. The molecule has 1 heterocycles. The molecule has 1 N–H and O–H groups in total. The highest BCUT2D eigenvalue weighted by Gasteiger charge is 2.22. The van der Waals surface area contributed by atoms with Crippen molar-refractivity contribution in [2.75, 3.05) is 18.2 Å². The third kappa shape index (κ3) is 3.73. The predicted octanol–water partition coefficient (Wildman–Crippen LogP) is 1.45. The summed E-state index contributed by atoms with van der Waals surface area (Å²) < 4.78 is 0. The van der Waals surface area contributed by atoms with Crippen molar-refractivity contribution in [3.63, 3.8) is 0 Å². The zero-order valence-corrected chi connectivity index (χ0v) is 12.0. The first-order valence-electron chi connectivity index (χ1n) is 6.24. The molecule has 5 heteroatoms. The zero-order chi connectivity index (χ0) is 13.8. The van der Waals surface area contributed by atoms with E-state index in [1.54, 1.807) is 16.7 Å². The number of hydrogen-bond donors (Lipinski definition) is 1. The quantitative estimate of drug-likeness (QED) is 0.907. The molecule has 2 amide bonds. The molecule has 1 saturated heterocycles. The Morgan fingerprint density at radius 3 is 2.84 bits per heavy atom. The van der Waals surface area contributed by atoms with Crippen molar-refractivity contribution in [3.8, 4) is 0 Å². The standard InChI is InChI=1S/C14H18N2O2S/c1-10-3-4-12(11(2)5-10)6-15-13(17)7-16-9-19-8-14(16)18/h3-5H,6-9H2,1-2H3,(H,15,17). The second kappa shape index (κ2) is 6.10. The Labute approximate surface area is 117 Å². The molecule has 1 aliphatic rings. The molecule has 0 bridgehead atoms. The smallest absolute Gasteiger partial charge is 0.239 e. The van der Waals surface area contributed by atoms with Gasteiger partial charge in [-0.15, -0.1) is 11.8 Å². The van der Waals surface area contributed by atoms with E-state index in [1.807, 2.05) is 26.0 Å². The molecular weight excluding hydrogens is 260 g/mol. The summed E-state index contributed by atoms with van der Waals surface area (Å²) in [6.07, 6.45) is 0. The minimum absolute atomic E-state index is 0.0478. The molecule has 2 rings (SSSR count). The first kappa shape index (κ1) is 13.9. The van der Waals surface area contributed by atoms with Crippen LogP contribution in [0.5, 0.6) is 0 Å². The highest BCUT2D eigenvalue weighted by Crippen LogP contribution is 2.14. The van der Waals surface area contributed by atoms with Crippen LogP contribution < -0.4 is 5.32 Å². The molecule has 0 aliphatic carbocycles. The molecule has 1 fully saturated rings. The maximum Gasteiger partial charge on any atom is 0.239 e. The van der Waals surface area contributed by atoms with E-state index in [0.29, 0.717) is 18.2 Å². The topological polar surface area (TPSA) is 49.4 Å². The Bertz CT molecular complexity index is 502. The lowest BCUT2D eigenvalue weighted by Gasteiger charge is -2.14. The van der Waals surface area contributed by atoms with E-state index in [4.69, 9.17) is 0 Å². The van der Waals surface area contributed by atoms with Crippen LogP contribution in [-0.4, -0.2) is 34.9 Å². The van der Waals surface area contributed by atoms with Crippen LogP contribution in [0, 0.1) is 13.8 Å². The normalized spacial score (nSPS) is 14.8. The maximum atomic E-state index is 11.8. The van der Waals surface area contributed by atoms with E-state index >= 15 is 0 Å². The summed E-state index contributed by atoms with van der Waals surface area (Å²) in [5, 5.41) is 2.86. The molecule has 0 radical (unpaired) electrons. The second-order valence-electron chi connectivity index (χ2n) is 4.78. The second-order valence-corrected chi connectivity index (χ2v) is 5.73. The zero-order valence-electron chi connectivity index (χ0n) is 11.2. The highest BCUT2D eigenvalue weighted by atomic mass is 32.2. The lowest BCUT2D eigenvalue weighted by Crippen LogP contribution is -2.37. The van der Waals surface area contributed by atoms with Crippen LogP contribution in [0.15, 0.2) is 18.2 Å². The predicted molar refractivity (Wildman–Crippen MR) is 76.8 cm³/mol. The van der Waals surface area contributed by atoms with Gasteiger partial charge in [0.15, 0.2) is 0 Å². The molecule has 1 aliphatic heterocycles. The summed E-state index contributed by atoms with van der Waals surface area (Å²) >= 11 is 1.55. The van der Waals surface area contributed by atoms with Crippen LogP contribution in [0.3, 0.4) is 0 Å². The minimum atomic E-state index is -0.101. The van der Waals surface area contributed by atoms with Gasteiger partial charge in [-0.1, -0.05) is 23.8 Å². The summed E-state index contributed by atoms with van der Waals surface area (Å²) in [6.45, 7) is 4.76. The van der Waals surface area contributed by atoms with Crippen LogP contribution in [0.2, 0.25) is 0 Å². The van der Waals surface area contributed by atoms with Gasteiger partial charge in [0.25, 0.3) is 0 Å². The van der Waals surface area contributed by atoms with Gasteiger partial charge in [0.05, 0.1) is 11.6 Å². The maximum absolute atomic E-state index is 11.8. The summed E-state index contributed by atoms with van der Waals surface area (Å²) in [7, 11) is 0. The molecular formula is C14H18N2O2S. The molecule has 0 saturated carbocycles. The van der Waals surface area contributed by atoms with Crippen molar-refractivity contribution in [3.05, 3.63) is 34.9 Å². The van der Waals surface area contributed by atoms with Crippen LogP contribution in [0.1, 0.15) is 16.7 Å². The molecule has 1 aromatic rings. The number of nitrogens with one attached hydrogen (secondary N) is 1. The SMILES string of the molecule is Cc1ccc(CNC(=O)CN2CSCC2=O)c(C)c1. The van der Waals surface area contributed by atoms with Crippen molar-refractivity contribution in [2.24, 2.45) is 0 Å². The van der Waals surface area contributed by atoms with Crippen molar-refractivity contribution >= 4 is 23.6 Å². The van der Waals surface area contributed by atoms with Crippen LogP contribution in [0.25, 0.3) is 0 Å². The number of amides is 2. The van der Waals surface area contributed by atoms with Gasteiger partial charge in [-0.05, 0) is 25.0 Å². The van der Waals surface area contributed by atoms with E-state index in [0.717, 1.165) is 5.56 Å². The van der Waals surface area contributed by atoms with Gasteiger partial charge in [-0.3, -0.25) is 9.59 Å². The number of thioether (sulfide) groups is 1. The summed E-state index contributed by atoms with van der Waals surface area (Å²) in [5.41, 5.74) is 3.50. The number of aryl methyl sites for hydroxylation is 2. The average Bonchev–Trinajstić information content (AvgIpc) is 2.74. The van der Waals surface area contributed by atoms with E-state index < -0.39 is 0 Å². The van der Waals surface area contributed by atoms with Gasteiger partial charge in [-0.25, -0.2) is 0 Å². The Hall–Kier alpha value is -1.49. The van der Waals surface area contributed by atoms with Gasteiger partial charge >= 0.3 is 0 Å². The Morgan fingerprint density at radius 2 is 2.21 bits per heavy atom. The van der Waals surface area contributed by atoms with Crippen LogP contribution >= 0.6 is 11.8 Å². The minimum Gasteiger partial charge on any atom is -0.350 e. The fourth-order valence-corrected chi connectivity index (χ4v) is 2.91. The lowest BCUT2D eigenvalue weighted by atomic mass is 10.1. The fraction of sp³-hybridized carbons (Fsp3) is 0.429. The third-order valence-electron chi connectivity index (χ3n) is 3.13. The highest BCUT2D eigenvalue weighted by molar-refractivity contribution is 8.00. The first-order valence-corrected chi connectivity index (χ1v) is 7.40. The van der Waals surface area contributed by atoms with Crippen LogP contribution in [0.4, 0.5) is 0 Å². The van der Waals surface area contributed by atoms with E-state index in [1.165, 1.54) is 11.1 Å². The fourth-order valence-electron chi connectivity index (χ4n) is 2.01. The van der Waals surface area contributed by atoms with Gasteiger partial charge in [0.1, 0.15) is 6.54 Å². The molecule has 0 aromatic heterocycles. The molecule has 102 valence electrons. The van der Waals surface area contributed by atoms with Crippen molar-refractivity contribution < 1.29 is 9.59 Å². The first-order chi connectivity index (χ1) is 9.06. The number of carbonyl (C=O) groups is 2. The number of benzene rings is 1. The van der Waals surface area contributed by atoms with Crippen molar-refractivity contribution in [1.82, 2.24) is 10.2 Å². The molecule has 19 heavy (non-hydrogen) atoms. The third-order valence-corrected chi connectivity index (χ3v) is 4.08. The van der Waals surface area contributed by atoms with Gasteiger partial charge in [0, 0.05) is 6.54 Å². The number of rotatable bonds is 4. The Kier molecular flexibility index (Phi) is 4.47. The Balaban J connectivity index is 1.84. The molecule has 0 atom stereocenters. The number of hydrogen-bond acceptors (Lipinski definition) is 3. The summed E-state index contributed by atoms with van der Waals surface area (Å²) in [4.78, 5) is 24.8. The van der Waals surface area contributed by atoms with Gasteiger partial charge < -0.3 is 10.2 Å². The van der Waals surface area contributed by atoms with Crippen molar-refractivity contribution in [1.29, 1.82) is 0 Å². The van der Waals surface area contributed by atoms with E-state index in [-0.39, 0.29) is 18.4 Å². The van der Waals surface area contributed by atoms with Gasteiger partial charge in [-0.2, -0.15) is 0 Å².